The summed E-state index contributed by atoms with van der Waals surface area (Å²) in [6.45, 7) is 1.24. The fraction of sp³-hybridized carbons (Fsp3) is 0.857. The van der Waals surface area contributed by atoms with Crippen molar-refractivity contribution in [3.05, 3.63) is 12.2 Å². The quantitative estimate of drug-likeness (QED) is 0.106. The molecule has 0 aromatic rings. The standard InChI is InChI=1S/C21H41O7P/c1-2-3-4-5-6-7-8-9-10-11-12-13-14-15-16-17-21(23)27-19-20(18-22)28-29(24,25)26/h9-10,20,22H,2-8,11-19H2,1H3,(H2,24,25,26)/b10-9-. The van der Waals surface area contributed by atoms with Gasteiger partial charge in [-0.15, -0.1) is 0 Å². The van der Waals surface area contributed by atoms with Crippen LogP contribution in [0.3, 0.4) is 0 Å². The van der Waals surface area contributed by atoms with E-state index in [0.717, 1.165) is 38.5 Å². The summed E-state index contributed by atoms with van der Waals surface area (Å²) in [6.07, 6.45) is 19.0. The third-order valence-corrected chi connectivity index (χ3v) is 5.14. The van der Waals surface area contributed by atoms with Crippen LogP contribution in [0.15, 0.2) is 12.2 Å². The maximum Gasteiger partial charge on any atom is 0.470 e. The highest BCUT2D eigenvalue weighted by Gasteiger charge is 2.22. The number of ether oxygens (including phenoxy) is 1. The van der Waals surface area contributed by atoms with Gasteiger partial charge in [0.25, 0.3) is 0 Å². The van der Waals surface area contributed by atoms with E-state index in [-0.39, 0.29) is 13.0 Å². The Hall–Kier alpha value is -0.720. The molecule has 0 radical (unpaired) electrons. The fourth-order valence-electron chi connectivity index (χ4n) is 2.91. The van der Waals surface area contributed by atoms with Gasteiger partial charge in [0.1, 0.15) is 12.7 Å². The first-order valence-corrected chi connectivity index (χ1v) is 12.6. The summed E-state index contributed by atoms with van der Waals surface area (Å²) in [5, 5.41) is 8.95. The van der Waals surface area contributed by atoms with Gasteiger partial charge >= 0.3 is 13.8 Å². The molecule has 0 amide bonds. The first-order chi connectivity index (χ1) is 13.9. The zero-order chi connectivity index (χ0) is 21.8. The number of phosphoric ester groups is 1. The zero-order valence-electron chi connectivity index (χ0n) is 18.0. The Morgan fingerprint density at radius 1 is 0.897 bits per heavy atom. The maximum absolute atomic E-state index is 11.6. The van der Waals surface area contributed by atoms with E-state index in [9.17, 15) is 9.36 Å². The molecule has 0 fully saturated rings. The molecule has 0 aromatic heterocycles. The summed E-state index contributed by atoms with van der Waals surface area (Å²) in [5.41, 5.74) is 0. The Morgan fingerprint density at radius 3 is 1.93 bits per heavy atom. The summed E-state index contributed by atoms with van der Waals surface area (Å²) in [5.74, 6) is -0.449. The summed E-state index contributed by atoms with van der Waals surface area (Å²) in [4.78, 5) is 28.9. The molecular formula is C21H41O7P. The van der Waals surface area contributed by atoms with E-state index >= 15 is 0 Å². The normalized spacial score (nSPS) is 13.1. The molecule has 29 heavy (non-hydrogen) atoms. The average Bonchev–Trinajstić information content (AvgIpc) is 2.67. The van der Waals surface area contributed by atoms with Gasteiger partial charge in [-0.2, -0.15) is 0 Å². The fourth-order valence-corrected chi connectivity index (χ4v) is 3.42. The number of esters is 1. The molecule has 1 atom stereocenters. The molecule has 7 nitrogen and oxygen atoms in total. The third kappa shape index (κ3) is 21.8. The number of hydrogen-bond donors (Lipinski definition) is 3. The lowest BCUT2D eigenvalue weighted by Crippen LogP contribution is -2.24. The number of allylic oxidation sites excluding steroid dienone is 2. The van der Waals surface area contributed by atoms with E-state index in [1.807, 2.05) is 0 Å². The van der Waals surface area contributed by atoms with Gasteiger partial charge in [-0.1, -0.05) is 70.4 Å². The SMILES string of the molecule is CCCCCCCC/C=C\CCCCCCCC(=O)OCC(CO)OP(=O)(O)O. The Labute approximate surface area is 176 Å². The maximum atomic E-state index is 11.6. The molecule has 0 bridgehead atoms. The highest BCUT2D eigenvalue weighted by Crippen LogP contribution is 2.37. The topological polar surface area (TPSA) is 113 Å². The number of unbranched alkanes of at least 4 members (excludes halogenated alkanes) is 11. The molecule has 0 saturated heterocycles. The van der Waals surface area contributed by atoms with Gasteiger partial charge in [0.2, 0.25) is 0 Å². The molecule has 0 heterocycles. The van der Waals surface area contributed by atoms with Crippen molar-refractivity contribution < 1.29 is 33.5 Å². The lowest BCUT2D eigenvalue weighted by molar-refractivity contribution is -0.147. The van der Waals surface area contributed by atoms with Crippen LogP contribution in [0, 0.1) is 0 Å². The average molecular weight is 437 g/mol. The van der Waals surface area contributed by atoms with Crippen molar-refractivity contribution in [3.63, 3.8) is 0 Å². The van der Waals surface area contributed by atoms with Crippen molar-refractivity contribution in [2.24, 2.45) is 0 Å². The van der Waals surface area contributed by atoms with Crippen LogP contribution in [0.4, 0.5) is 0 Å². The van der Waals surface area contributed by atoms with Crippen molar-refractivity contribution in [2.75, 3.05) is 13.2 Å². The van der Waals surface area contributed by atoms with Crippen LogP contribution in [-0.4, -0.2) is 40.2 Å². The summed E-state index contributed by atoms with van der Waals surface area (Å²) in [7, 11) is -4.71. The van der Waals surface area contributed by atoms with Crippen molar-refractivity contribution in [1.29, 1.82) is 0 Å². The number of aliphatic hydroxyl groups is 1. The number of rotatable bonds is 20. The molecule has 0 aliphatic carbocycles. The van der Waals surface area contributed by atoms with Gasteiger partial charge < -0.3 is 19.6 Å². The molecule has 3 N–H and O–H groups in total. The molecule has 0 saturated carbocycles. The van der Waals surface area contributed by atoms with Crippen LogP contribution >= 0.6 is 7.82 Å². The predicted molar refractivity (Wildman–Crippen MR) is 114 cm³/mol. The van der Waals surface area contributed by atoms with Crippen LogP contribution in [0.1, 0.15) is 96.8 Å². The first kappa shape index (κ1) is 28.3. The summed E-state index contributed by atoms with van der Waals surface area (Å²) < 4.78 is 19.9. The largest absolute Gasteiger partial charge is 0.470 e. The van der Waals surface area contributed by atoms with Crippen LogP contribution < -0.4 is 0 Å². The van der Waals surface area contributed by atoms with Gasteiger partial charge in [-0.05, 0) is 32.1 Å². The molecule has 172 valence electrons. The van der Waals surface area contributed by atoms with Crippen molar-refractivity contribution in [3.8, 4) is 0 Å². The van der Waals surface area contributed by atoms with Crippen LogP contribution in [0.2, 0.25) is 0 Å². The van der Waals surface area contributed by atoms with E-state index in [2.05, 4.69) is 23.6 Å². The Morgan fingerprint density at radius 2 is 1.41 bits per heavy atom. The summed E-state index contributed by atoms with van der Waals surface area (Å²) >= 11 is 0. The summed E-state index contributed by atoms with van der Waals surface area (Å²) in [6, 6.07) is 0. The molecule has 1 unspecified atom stereocenters. The lowest BCUT2D eigenvalue weighted by atomic mass is 10.1. The minimum Gasteiger partial charge on any atom is -0.463 e. The number of hydrogen-bond acceptors (Lipinski definition) is 5. The van der Waals surface area contributed by atoms with E-state index in [4.69, 9.17) is 19.6 Å². The van der Waals surface area contributed by atoms with Gasteiger partial charge in [-0.3, -0.25) is 9.32 Å². The van der Waals surface area contributed by atoms with Crippen molar-refractivity contribution >= 4 is 13.8 Å². The molecule has 0 aliphatic heterocycles. The smallest absolute Gasteiger partial charge is 0.463 e. The number of aliphatic hydroxyl groups excluding tert-OH is 1. The second-order valence-electron chi connectivity index (χ2n) is 7.42. The second kappa shape index (κ2) is 19.3. The molecule has 0 spiro atoms. The lowest BCUT2D eigenvalue weighted by Gasteiger charge is -2.15. The Kier molecular flexibility index (Phi) is 18.8. The third-order valence-electron chi connectivity index (χ3n) is 4.56. The molecule has 0 rings (SSSR count). The van der Waals surface area contributed by atoms with Crippen LogP contribution in [0.5, 0.6) is 0 Å². The van der Waals surface area contributed by atoms with E-state index < -0.39 is 26.5 Å². The van der Waals surface area contributed by atoms with E-state index in [1.54, 1.807) is 0 Å². The molecular weight excluding hydrogens is 395 g/mol. The van der Waals surface area contributed by atoms with Gasteiger partial charge in [0.05, 0.1) is 6.61 Å². The molecule has 0 aromatic carbocycles. The first-order valence-electron chi connectivity index (χ1n) is 11.0. The minimum absolute atomic E-state index is 0.256. The number of carbonyl (C=O) groups is 1. The van der Waals surface area contributed by atoms with Gasteiger partial charge in [0, 0.05) is 6.42 Å². The second-order valence-corrected chi connectivity index (χ2v) is 8.61. The van der Waals surface area contributed by atoms with E-state index in [1.165, 1.54) is 44.9 Å². The van der Waals surface area contributed by atoms with Gasteiger partial charge in [0.15, 0.2) is 0 Å². The predicted octanol–water partition coefficient (Wildman–Crippen LogP) is 5.04. The van der Waals surface area contributed by atoms with Crippen LogP contribution in [-0.2, 0) is 18.6 Å². The zero-order valence-corrected chi connectivity index (χ0v) is 18.9. The number of phosphoric acid groups is 1. The molecule has 0 aliphatic rings. The van der Waals surface area contributed by atoms with Crippen LogP contribution in [0.25, 0.3) is 0 Å². The number of carbonyl (C=O) groups excluding carboxylic acids is 1. The Bertz CT molecular complexity index is 462. The highest BCUT2D eigenvalue weighted by atomic mass is 31.2. The van der Waals surface area contributed by atoms with Gasteiger partial charge in [-0.25, -0.2) is 4.57 Å². The Balaban J connectivity index is 3.46. The van der Waals surface area contributed by atoms with E-state index in [0.29, 0.717) is 0 Å². The van der Waals surface area contributed by atoms with Crippen molar-refractivity contribution in [2.45, 2.75) is 103 Å². The minimum atomic E-state index is -4.71. The monoisotopic (exact) mass is 436 g/mol. The highest BCUT2D eigenvalue weighted by molar-refractivity contribution is 7.46. The van der Waals surface area contributed by atoms with Crippen molar-refractivity contribution in [1.82, 2.24) is 0 Å². The molecule has 8 heteroatoms.